The summed E-state index contributed by atoms with van der Waals surface area (Å²) in [6, 6.07) is 9.93. The lowest BCUT2D eigenvalue weighted by atomic mass is 10.2. The lowest BCUT2D eigenvalue weighted by molar-refractivity contribution is 0.0943. The number of hydrogen-bond donors (Lipinski definition) is 2. The number of aromatic nitrogens is 2. The number of carbonyl (C=O) groups is 1. The summed E-state index contributed by atoms with van der Waals surface area (Å²) in [5.74, 6) is 0.218. The molecule has 1 saturated heterocycles. The van der Waals surface area contributed by atoms with Crippen LogP contribution in [0.1, 0.15) is 35.4 Å². The zero-order chi connectivity index (χ0) is 19.1. The van der Waals surface area contributed by atoms with Crippen molar-refractivity contribution < 1.29 is 9.53 Å². The number of amides is 1. The molecule has 7 nitrogen and oxygen atoms in total. The minimum absolute atomic E-state index is 0.205. The van der Waals surface area contributed by atoms with Crippen LogP contribution in [0.5, 0.6) is 0 Å². The molecule has 1 fully saturated rings. The largest absolute Gasteiger partial charge is 0.385 e. The summed E-state index contributed by atoms with van der Waals surface area (Å²) in [5, 5.41) is 6.04. The normalized spacial score (nSPS) is 13.6. The van der Waals surface area contributed by atoms with Crippen LogP contribution in [0.4, 0.5) is 17.3 Å². The van der Waals surface area contributed by atoms with Crippen molar-refractivity contribution in [2.75, 3.05) is 43.6 Å². The average Bonchev–Trinajstić information content (AvgIpc) is 3.20. The van der Waals surface area contributed by atoms with Gasteiger partial charge < -0.3 is 20.3 Å². The van der Waals surface area contributed by atoms with Gasteiger partial charge in [0.05, 0.1) is 0 Å². The molecular formula is C20H27N5O2. The van der Waals surface area contributed by atoms with Crippen LogP contribution in [-0.2, 0) is 4.74 Å². The van der Waals surface area contributed by atoms with E-state index in [1.54, 1.807) is 13.2 Å². The summed E-state index contributed by atoms with van der Waals surface area (Å²) in [4.78, 5) is 23.4. The van der Waals surface area contributed by atoms with Crippen LogP contribution in [0.25, 0.3) is 0 Å². The fourth-order valence-corrected chi connectivity index (χ4v) is 3.11. The fraction of sp³-hybridized carbons (Fsp3) is 0.450. The second-order valence-corrected chi connectivity index (χ2v) is 6.69. The lowest BCUT2D eigenvalue weighted by Crippen LogP contribution is -2.26. The quantitative estimate of drug-likeness (QED) is 0.697. The van der Waals surface area contributed by atoms with Gasteiger partial charge in [0.2, 0.25) is 5.95 Å². The summed E-state index contributed by atoms with van der Waals surface area (Å²) >= 11 is 0. The zero-order valence-corrected chi connectivity index (χ0v) is 16.0. The Morgan fingerprint density at radius 2 is 1.93 bits per heavy atom. The molecule has 1 aliphatic rings. The van der Waals surface area contributed by atoms with E-state index >= 15 is 0 Å². The molecule has 1 aromatic heterocycles. The van der Waals surface area contributed by atoms with Gasteiger partial charge >= 0.3 is 0 Å². The highest BCUT2D eigenvalue weighted by Crippen LogP contribution is 2.23. The number of nitrogens with zero attached hydrogens (tertiary/aromatic N) is 3. The van der Waals surface area contributed by atoms with E-state index in [4.69, 9.17) is 4.74 Å². The topological polar surface area (TPSA) is 79.4 Å². The molecule has 0 unspecified atom stereocenters. The zero-order valence-electron chi connectivity index (χ0n) is 16.0. The molecule has 0 atom stereocenters. The maximum absolute atomic E-state index is 12.3. The number of ether oxygens (including phenoxy) is 1. The number of rotatable bonds is 8. The standard InChI is InChI=1S/C20H27N5O2/c1-15-14-18(19(26)21-10-5-13-27-2)24-20(22-15)23-16-6-8-17(9-7-16)25-11-3-4-12-25/h6-9,14H,3-5,10-13H2,1-2H3,(H,21,26)(H,22,23,24). The minimum atomic E-state index is -0.205. The van der Waals surface area contributed by atoms with Gasteiger partial charge in [0, 0.05) is 50.4 Å². The molecule has 3 rings (SSSR count). The molecule has 0 spiro atoms. The first-order valence-corrected chi connectivity index (χ1v) is 9.40. The van der Waals surface area contributed by atoms with E-state index in [-0.39, 0.29) is 5.91 Å². The van der Waals surface area contributed by atoms with Crippen LogP contribution >= 0.6 is 0 Å². The maximum Gasteiger partial charge on any atom is 0.270 e. The Kier molecular flexibility index (Phi) is 6.59. The van der Waals surface area contributed by atoms with Gasteiger partial charge in [-0.05, 0) is 56.5 Å². The van der Waals surface area contributed by atoms with Gasteiger partial charge in [0.1, 0.15) is 5.69 Å². The SMILES string of the molecule is COCCCNC(=O)c1cc(C)nc(Nc2ccc(N3CCCC3)cc2)n1. The van der Waals surface area contributed by atoms with E-state index in [1.165, 1.54) is 18.5 Å². The molecule has 27 heavy (non-hydrogen) atoms. The molecule has 0 radical (unpaired) electrons. The van der Waals surface area contributed by atoms with Crippen LogP contribution in [0.2, 0.25) is 0 Å². The molecule has 0 aliphatic carbocycles. The fourth-order valence-electron chi connectivity index (χ4n) is 3.11. The molecule has 0 bridgehead atoms. The van der Waals surface area contributed by atoms with E-state index < -0.39 is 0 Å². The van der Waals surface area contributed by atoms with Crippen molar-refractivity contribution in [2.45, 2.75) is 26.2 Å². The first-order chi connectivity index (χ1) is 13.2. The number of carbonyl (C=O) groups excluding carboxylic acids is 1. The molecule has 2 heterocycles. The summed E-state index contributed by atoms with van der Waals surface area (Å²) in [6.45, 7) is 5.26. The van der Waals surface area contributed by atoms with Crippen LogP contribution in [0.3, 0.4) is 0 Å². The van der Waals surface area contributed by atoms with E-state index in [0.717, 1.165) is 30.9 Å². The second kappa shape index (κ2) is 9.32. The van der Waals surface area contributed by atoms with Crippen LogP contribution < -0.4 is 15.5 Å². The third kappa shape index (κ3) is 5.40. The molecule has 2 N–H and O–H groups in total. The highest BCUT2D eigenvalue weighted by molar-refractivity contribution is 5.92. The van der Waals surface area contributed by atoms with E-state index in [1.807, 2.05) is 19.1 Å². The molecule has 1 aliphatic heterocycles. The summed E-state index contributed by atoms with van der Waals surface area (Å²) in [7, 11) is 1.64. The Bertz CT molecular complexity index is 757. The first kappa shape index (κ1) is 19.1. The molecule has 2 aromatic rings. The Labute approximate surface area is 160 Å². The Morgan fingerprint density at radius 1 is 1.19 bits per heavy atom. The Morgan fingerprint density at radius 3 is 2.63 bits per heavy atom. The molecule has 1 amide bonds. The van der Waals surface area contributed by atoms with Crippen LogP contribution in [0.15, 0.2) is 30.3 Å². The molecule has 7 heteroatoms. The third-order valence-corrected chi connectivity index (χ3v) is 4.49. The summed E-state index contributed by atoms with van der Waals surface area (Å²) < 4.78 is 4.98. The molecule has 0 saturated carbocycles. The number of methoxy groups -OCH3 is 1. The summed E-state index contributed by atoms with van der Waals surface area (Å²) in [6.07, 6.45) is 3.28. The molecule has 1 aromatic carbocycles. The van der Waals surface area contributed by atoms with Crippen molar-refractivity contribution in [3.8, 4) is 0 Å². The van der Waals surface area contributed by atoms with Crippen molar-refractivity contribution in [3.63, 3.8) is 0 Å². The van der Waals surface area contributed by atoms with Crippen molar-refractivity contribution in [1.29, 1.82) is 0 Å². The van der Waals surface area contributed by atoms with Crippen molar-refractivity contribution in [1.82, 2.24) is 15.3 Å². The monoisotopic (exact) mass is 369 g/mol. The van der Waals surface area contributed by atoms with E-state index in [9.17, 15) is 4.79 Å². The first-order valence-electron chi connectivity index (χ1n) is 9.40. The van der Waals surface area contributed by atoms with Crippen LogP contribution in [0, 0.1) is 6.92 Å². The van der Waals surface area contributed by atoms with Crippen molar-refractivity contribution >= 4 is 23.2 Å². The van der Waals surface area contributed by atoms with Gasteiger partial charge in [0.25, 0.3) is 5.91 Å². The van der Waals surface area contributed by atoms with Gasteiger partial charge in [0.15, 0.2) is 0 Å². The highest BCUT2D eigenvalue weighted by atomic mass is 16.5. The predicted octanol–water partition coefficient (Wildman–Crippen LogP) is 2.90. The second-order valence-electron chi connectivity index (χ2n) is 6.69. The number of nitrogens with one attached hydrogen (secondary N) is 2. The van der Waals surface area contributed by atoms with Crippen LogP contribution in [-0.4, -0.2) is 49.2 Å². The number of aryl methyl sites for hydroxylation is 1. The Hall–Kier alpha value is -2.67. The van der Waals surface area contributed by atoms with Gasteiger partial charge in [-0.3, -0.25) is 4.79 Å². The Balaban J connectivity index is 1.64. The van der Waals surface area contributed by atoms with Gasteiger partial charge in [-0.25, -0.2) is 9.97 Å². The lowest BCUT2D eigenvalue weighted by Gasteiger charge is -2.17. The number of hydrogen-bond acceptors (Lipinski definition) is 6. The number of anilines is 3. The predicted molar refractivity (Wildman–Crippen MR) is 107 cm³/mol. The molecular weight excluding hydrogens is 342 g/mol. The third-order valence-electron chi connectivity index (χ3n) is 4.49. The van der Waals surface area contributed by atoms with Crippen molar-refractivity contribution in [2.24, 2.45) is 0 Å². The summed E-state index contributed by atoms with van der Waals surface area (Å²) in [5.41, 5.74) is 3.23. The molecule has 144 valence electrons. The average molecular weight is 369 g/mol. The number of benzene rings is 1. The minimum Gasteiger partial charge on any atom is -0.385 e. The maximum atomic E-state index is 12.3. The van der Waals surface area contributed by atoms with Gasteiger partial charge in [-0.2, -0.15) is 0 Å². The highest BCUT2D eigenvalue weighted by Gasteiger charge is 2.13. The van der Waals surface area contributed by atoms with E-state index in [0.29, 0.717) is 24.8 Å². The van der Waals surface area contributed by atoms with E-state index in [2.05, 4.69) is 37.6 Å². The van der Waals surface area contributed by atoms with Crippen molar-refractivity contribution in [3.05, 3.63) is 41.7 Å². The van der Waals surface area contributed by atoms with Gasteiger partial charge in [-0.1, -0.05) is 0 Å². The van der Waals surface area contributed by atoms with Gasteiger partial charge in [-0.15, -0.1) is 0 Å². The smallest absolute Gasteiger partial charge is 0.270 e.